The van der Waals surface area contributed by atoms with E-state index in [9.17, 15) is 0 Å². The molecule has 1 heterocycles. The molecule has 1 aromatic carbocycles. The van der Waals surface area contributed by atoms with Gasteiger partial charge in [-0.25, -0.2) is 0 Å². The molecule has 0 amide bonds. The number of hydrogen-bond donors (Lipinski definition) is 1. The molecule has 1 unspecified atom stereocenters. The maximum absolute atomic E-state index is 5.85. The Bertz CT molecular complexity index is 429. The van der Waals surface area contributed by atoms with Gasteiger partial charge in [-0.3, -0.25) is 0 Å². The van der Waals surface area contributed by atoms with E-state index in [1.54, 1.807) is 0 Å². The minimum Gasteiger partial charge on any atom is -0.486 e. The van der Waals surface area contributed by atoms with Gasteiger partial charge in [-0.05, 0) is 24.9 Å². The van der Waals surface area contributed by atoms with E-state index in [2.05, 4.69) is 24.4 Å². The van der Waals surface area contributed by atoms with Crippen molar-refractivity contribution in [2.75, 3.05) is 19.8 Å². The molecule has 3 nitrogen and oxygen atoms in total. The van der Waals surface area contributed by atoms with Crippen LogP contribution in [0, 0.1) is 5.92 Å². The first-order chi connectivity index (χ1) is 9.38. The number of hydrogen-bond acceptors (Lipinski definition) is 3. The molecule has 0 aromatic heterocycles. The van der Waals surface area contributed by atoms with Gasteiger partial charge in [0.2, 0.25) is 0 Å². The lowest BCUT2D eigenvalue weighted by Crippen LogP contribution is -2.27. The lowest BCUT2D eigenvalue weighted by Gasteiger charge is -2.32. The van der Waals surface area contributed by atoms with Gasteiger partial charge in [0.05, 0.1) is 0 Å². The van der Waals surface area contributed by atoms with Crippen molar-refractivity contribution in [3.63, 3.8) is 0 Å². The molecule has 19 heavy (non-hydrogen) atoms. The molecule has 0 radical (unpaired) electrons. The molecule has 3 heteroatoms. The van der Waals surface area contributed by atoms with E-state index >= 15 is 0 Å². The minimum atomic E-state index is 0.395. The Morgan fingerprint density at radius 1 is 1.26 bits per heavy atom. The molecule has 0 saturated heterocycles. The molecule has 1 saturated carbocycles. The van der Waals surface area contributed by atoms with Gasteiger partial charge in [0, 0.05) is 11.6 Å². The van der Waals surface area contributed by atoms with E-state index in [-0.39, 0.29) is 0 Å². The van der Waals surface area contributed by atoms with E-state index in [0.717, 1.165) is 24.0 Å². The van der Waals surface area contributed by atoms with E-state index in [1.807, 2.05) is 6.07 Å². The molecule has 0 bridgehead atoms. The zero-order chi connectivity index (χ0) is 13.1. The SMILES string of the molecule is CCNC(CC1CCC1)c1cccc2c1OCCO2. The average molecular weight is 261 g/mol. The lowest BCUT2D eigenvalue weighted by atomic mass is 9.79. The highest BCUT2D eigenvalue weighted by Crippen LogP contribution is 2.41. The third-order valence-electron chi connectivity index (χ3n) is 4.22. The number of nitrogens with one attached hydrogen (secondary N) is 1. The summed E-state index contributed by atoms with van der Waals surface area (Å²) in [6, 6.07) is 6.66. The van der Waals surface area contributed by atoms with Crippen LogP contribution in [0.4, 0.5) is 0 Å². The summed E-state index contributed by atoms with van der Waals surface area (Å²) < 4.78 is 11.5. The van der Waals surface area contributed by atoms with Crippen molar-refractivity contribution in [1.29, 1.82) is 0 Å². The molecule has 1 aliphatic heterocycles. The Morgan fingerprint density at radius 2 is 2.11 bits per heavy atom. The van der Waals surface area contributed by atoms with Crippen LogP contribution in [0.2, 0.25) is 0 Å². The third kappa shape index (κ3) is 2.71. The van der Waals surface area contributed by atoms with Gasteiger partial charge in [-0.1, -0.05) is 38.3 Å². The molecule has 1 atom stereocenters. The van der Waals surface area contributed by atoms with Crippen LogP contribution in [0.3, 0.4) is 0 Å². The Morgan fingerprint density at radius 3 is 2.84 bits per heavy atom. The van der Waals surface area contributed by atoms with Crippen LogP contribution in [0.5, 0.6) is 11.5 Å². The highest BCUT2D eigenvalue weighted by Gasteiger charge is 2.26. The first kappa shape index (κ1) is 12.8. The third-order valence-corrected chi connectivity index (χ3v) is 4.22. The summed E-state index contributed by atoms with van der Waals surface area (Å²) >= 11 is 0. The topological polar surface area (TPSA) is 30.5 Å². The standard InChI is InChI=1S/C16H23NO2/c1-2-17-14(11-12-5-3-6-12)13-7-4-8-15-16(13)19-10-9-18-15/h4,7-8,12,14,17H,2-3,5-6,9-11H2,1H3. The van der Waals surface area contributed by atoms with Gasteiger partial charge in [0.1, 0.15) is 13.2 Å². The van der Waals surface area contributed by atoms with E-state index in [0.29, 0.717) is 19.3 Å². The summed E-state index contributed by atoms with van der Waals surface area (Å²) in [4.78, 5) is 0. The van der Waals surface area contributed by atoms with E-state index in [1.165, 1.54) is 31.2 Å². The van der Waals surface area contributed by atoms with Crippen molar-refractivity contribution in [3.8, 4) is 11.5 Å². The smallest absolute Gasteiger partial charge is 0.166 e. The second kappa shape index (κ2) is 5.83. The first-order valence-electron chi connectivity index (χ1n) is 7.50. The van der Waals surface area contributed by atoms with Gasteiger partial charge in [0.25, 0.3) is 0 Å². The van der Waals surface area contributed by atoms with Gasteiger partial charge >= 0.3 is 0 Å². The maximum Gasteiger partial charge on any atom is 0.166 e. The Balaban J connectivity index is 1.83. The zero-order valence-corrected chi connectivity index (χ0v) is 11.7. The molecule has 1 fully saturated rings. The van der Waals surface area contributed by atoms with Crippen LogP contribution in [0.15, 0.2) is 18.2 Å². The summed E-state index contributed by atoms with van der Waals surface area (Å²) in [5.41, 5.74) is 1.27. The Kier molecular flexibility index (Phi) is 3.92. The molecule has 1 aromatic rings. The number of para-hydroxylation sites is 1. The maximum atomic E-state index is 5.85. The van der Waals surface area contributed by atoms with Crippen molar-refractivity contribution in [2.24, 2.45) is 5.92 Å². The molecular weight excluding hydrogens is 238 g/mol. The summed E-state index contributed by atoms with van der Waals surface area (Å²) in [5, 5.41) is 3.61. The number of fused-ring (bicyclic) bond motifs is 1. The van der Waals surface area contributed by atoms with Gasteiger partial charge in [0.15, 0.2) is 11.5 Å². The van der Waals surface area contributed by atoms with Crippen LogP contribution >= 0.6 is 0 Å². The normalized spacial score (nSPS) is 19.8. The summed E-state index contributed by atoms with van der Waals surface area (Å²) in [6.07, 6.45) is 5.38. The van der Waals surface area contributed by atoms with Crippen LogP contribution in [-0.2, 0) is 0 Å². The lowest BCUT2D eigenvalue weighted by molar-refractivity contribution is 0.167. The molecule has 2 aliphatic rings. The molecule has 3 rings (SSSR count). The predicted molar refractivity (Wildman–Crippen MR) is 75.8 cm³/mol. The number of ether oxygens (including phenoxy) is 2. The second-order valence-corrected chi connectivity index (χ2v) is 5.51. The molecular formula is C16H23NO2. The Labute approximate surface area is 115 Å². The molecule has 0 spiro atoms. The monoisotopic (exact) mass is 261 g/mol. The quantitative estimate of drug-likeness (QED) is 0.882. The van der Waals surface area contributed by atoms with Crippen LogP contribution in [0.25, 0.3) is 0 Å². The highest BCUT2D eigenvalue weighted by atomic mass is 16.6. The van der Waals surface area contributed by atoms with Gasteiger partial charge < -0.3 is 14.8 Å². The van der Waals surface area contributed by atoms with Crippen LogP contribution in [0.1, 0.15) is 44.2 Å². The van der Waals surface area contributed by atoms with E-state index in [4.69, 9.17) is 9.47 Å². The van der Waals surface area contributed by atoms with Crippen LogP contribution in [-0.4, -0.2) is 19.8 Å². The van der Waals surface area contributed by atoms with E-state index < -0.39 is 0 Å². The molecule has 1 N–H and O–H groups in total. The first-order valence-corrected chi connectivity index (χ1v) is 7.50. The largest absolute Gasteiger partial charge is 0.486 e. The predicted octanol–water partition coefficient (Wildman–Crippen LogP) is 3.30. The molecule has 104 valence electrons. The fraction of sp³-hybridized carbons (Fsp3) is 0.625. The number of rotatable bonds is 5. The molecule has 1 aliphatic carbocycles. The van der Waals surface area contributed by atoms with Crippen molar-refractivity contribution in [3.05, 3.63) is 23.8 Å². The average Bonchev–Trinajstić information content (AvgIpc) is 2.41. The summed E-state index contributed by atoms with van der Waals surface area (Å²) in [7, 11) is 0. The van der Waals surface area contributed by atoms with Crippen molar-refractivity contribution in [2.45, 2.75) is 38.6 Å². The minimum absolute atomic E-state index is 0.395. The van der Waals surface area contributed by atoms with Crippen molar-refractivity contribution in [1.82, 2.24) is 5.32 Å². The fourth-order valence-electron chi connectivity index (χ4n) is 3.00. The van der Waals surface area contributed by atoms with Gasteiger partial charge in [-0.2, -0.15) is 0 Å². The summed E-state index contributed by atoms with van der Waals surface area (Å²) in [6.45, 7) is 4.47. The van der Waals surface area contributed by atoms with Crippen molar-refractivity contribution >= 4 is 0 Å². The van der Waals surface area contributed by atoms with Gasteiger partial charge in [-0.15, -0.1) is 0 Å². The highest BCUT2D eigenvalue weighted by molar-refractivity contribution is 5.49. The summed E-state index contributed by atoms with van der Waals surface area (Å²) in [5.74, 6) is 2.74. The van der Waals surface area contributed by atoms with Crippen molar-refractivity contribution < 1.29 is 9.47 Å². The second-order valence-electron chi connectivity index (χ2n) is 5.51. The van der Waals surface area contributed by atoms with Crippen LogP contribution < -0.4 is 14.8 Å². The Hall–Kier alpha value is -1.22. The number of benzene rings is 1. The fourth-order valence-corrected chi connectivity index (χ4v) is 3.00. The zero-order valence-electron chi connectivity index (χ0n) is 11.7.